The normalized spacial score (nSPS) is 21.7. The average molecular weight is 615 g/mol. The maximum Gasteiger partial charge on any atom is 0.311 e. The Kier molecular flexibility index (Phi) is 15.2. The van der Waals surface area contributed by atoms with Crippen LogP contribution in [0.1, 0.15) is 69.4 Å². The van der Waals surface area contributed by atoms with Crippen LogP contribution in [0.25, 0.3) is 4.91 Å². The molecule has 0 heterocycles. The maximum absolute atomic E-state index is 12.3. The summed E-state index contributed by atoms with van der Waals surface area (Å²) in [6.45, 7) is 1.98. The number of benzene rings is 2. The van der Waals surface area contributed by atoms with Crippen molar-refractivity contribution in [3.05, 3.63) is 84.0 Å². The molecule has 0 saturated heterocycles. The van der Waals surface area contributed by atoms with Crippen LogP contribution in [0.5, 0.6) is 5.75 Å². The number of aliphatic hydroxyl groups excluding tert-OH is 3. The number of unbranched alkanes of at least 4 members (excludes halogenated alkanes) is 1. The van der Waals surface area contributed by atoms with Crippen molar-refractivity contribution < 1.29 is 24.9 Å². The van der Waals surface area contributed by atoms with Gasteiger partial charge in [-0.3, -0.25) is 4.79 Å². The monoisotopic (exact) mass is 614 g/mol. The molecule has 1 saturated carbocycles. The molecule has 2 aromatic carbocycles. The quantitative estimate of drug-likeness (QED) is 0.0421. The van der Waals surface area contributed by atoms with Crippen LogP contribution in [0.3, 0.4) is 0 Å². The van der Waals surface area contributed by atoms with E-state index in [4.69, 9.17) is 17.0 Å². The number of allylic oxidation sites excluding steroid dienone is 3. The van der Waals surface area contributed by atoms with Crippen molar-refractivity contribution in [2.75, 3.05) is 0 Å². The van der Waals surface area contributed by atoms with Gasteiger partial charge in [0.1, 0.15) is 5.75 Å². The maximum atomic E-state index is 12.3. The lowest BCUT2D eigenvalue weighted by molar-refractivity contribution is -0.134. The highest BCUT2D eigenvalue weighted by molar-refractivity contribution is 8.85. The number of carbonyl (C=O) groups is 1. The molecule has 3 rings (SSSR count). The number of aryl methyl sites for hydroxylation is 1. The van der Waals surface area contributed by atoms with Gasteiger partial charge >= 0.3 is 5.97 Å². The highest BCUT2D eigenvalue weighted by Gasteiger charge is 2.40. The number of hydrogen-bond donors (Lipinski definition) is 3. The van der Waals surface area contributed by atoms with Gasteiger partial charge in [-0.25, -0.2) is 0 Å². The molecule has 0 unspecified atom stereocenters. The highest BCUT2D eigenvalue weighted by Crippen LogP contribution is 2.39. The molecule has 1 fully saturated rings. The van der Waals surface area contributed by atoms with Crippen LogP contribution in [0.4, 0.5) is 0 Å². The molecule has 8 heteroatoms. The topological polar surface area (TPSA) is 87.0 Å². The average Bonchev–Trinajstić information content (AvgIpc) is 3.25. The lowest BCUT2D eigenvalue weighted by Crippen LogP contribution is -2.23. The minimum Gasteiger partial charge on any atom is -0.427 e. The van der Waals surface area contributed by atoms with E-state index in [1.54, 1.807) is 27.6 Å². The van der Waals surface area contributed by atoms with Crippen molar-refractivity contribution >= 4 is 49.4 Å². The van der Waals surface area contributed by atoms with Gasteiger partial charge in [0.25, 0.3) is 0 Å². The molecule has 0 aromatic heterocycles. The van der Waals surface area contributed by atoms with E-state index in [1.165, 1.54) is 16.4 Å². The Balaban J connectivity index is 1.35. The predicted molar refractivity (Wildman–Crippen MR) is 176 cm³/mol. The molecule has 0 spiro atoms. The fourth-order valence-electron chi connectivity index (χ4n) is 5.35. The van der Waals surface area contributed by atoms with Crippen LogP contribution in [0, 0.1) is 11.8 Å². The zero-order valence-corrected chi connectivity index (χ0v) is 26.1. The van der Waals surface area contributed by atoms with Gasteiger partial charge in [-0.05, 0) is 104 Å². The second-order valence-corrected chi connectivity index (χ2v) is 13.1. The molecule has 0 radical (unpaired) electrons. The molecule has 0 aliphatic heterocycles. The summed E-state index contributed by atoms with van der Waals surface area (Å²) >= 11 is 4.87. The van der Waals surface area contributed by atoms with Crippen LogP contribution in [0.2, 0.25) is 0 Å². The molecular formula is C33H42O5S3. The van der Waals surface area contributed by atoms with Crippen molar-refractivity contribution in [3.8, 4) is 5.75 Å². The van der Waals surface area contributed by atoms with E-state index < -0.39 is 18.3 Å². The SMILES string of the molecule is C/C=C(\SSC=S)c1ccc(OC(=O)CCC/C=C/C[C@@H]2[C@@H](CC[C@@H](O)CCc3ccccc3)[C@H](O)C[C@@H]2O)cc1. The second kappa shape index (κ2) is 18.6. The van der Waals surface area contributed by atoms with E-state index in [2.05, 4.69) is 12.1 Å². The Bertz CT molecular complexity index is 1120. The van der Waals surface area contributed by atoms with Crippen molar-refractivity contribution in [1.29, 1.82) is 0 Å². The summed E-state index contributed by atoms with van der Waals surface area (Å²) in [5.74, 6) is 0.222. The Morgan fingerprint density at radius 2 is 1.78 bits per heavy atom. The highest BCUT2D eigenvalue weighted by atomic mass is 33.1. The van der Waals surface area contributed by atoms with Gasteiger partial charge in [-0.15, -0.1) is 0 Å². The van der Waals surface area contributed by atoms with Crippen LogP contribution in [0.15, 0.2) is 72.8 Å². The van der Waals surface area contributed by atoms with Crippen molar-refractivity contribution in [1.82, 2.24) is 0 Å². The molecule has 5 nitrogen and oxygen atoms in total. The van der Waals surface area contributed by atoms with Gasteiger partial charge in [-0.2, -0.15) is 0 Å². The minimum absolute atomic E-state index is 0.0230. The summed E-state index contributed by atoms with van der Waals surface area (Å²) in [7, 11) is 3.08. The Morgan fingerprint density at radius 3 is 2.49 bits per heavy atom. The number of thiocarbonyl (C=S) groups is 1. The van der Waals surface area contributed by atoms with E-state index in [0.717, 1.165) is 23.3 Å². The van der Waals surface area contributed by atoms with E-state index in [1.807, 2.05) is 55.5 Å². The van der Waals surface area contributed by atoms with E-state index in [9.17, 15) is 20.1 Å². The molecule has 1 aliphatic carbocycles. The first-order valence-electron chi connectivity index (χ1n) is 14.4. The fourth-order valence-corrected chi connectivity index (χ4v) is 7.18. The summed E-state index contributed by atoms with van der Waals surface area (Å²) in [4.78, 5) is 13.4. The molecule has 0 bridgehead atoms. The van der Waals surface area contributed by atoms with Gasteiger partial charge in [0, 0.05) is 16.0 Å². The number of ether oxygens (including phenoxy) is 1. The predicted octanol–water partition coefficient (Wildman–Crippen LogP) is 7.54. The third-order valence-corrected chi connectivity index (χ3v) is 10.2. The third kappa shape index (κ3) is 11.7. The first-order chi connectivity index (χ1) is 19.9. The van der Waals surface area contributed by atoms with E-state index in [-0.39, 0.29) is 17.8 Å². The Labute approximate surface area is 257 Å². The first kappa shape index (κ1) is 33.6. The lowest BCUT2D eigenvalue weighted by atomic mass is 9.85. The van der Waals surface area contributed by atoms with Gasteiger partial charge < -0.3 is 20.1 Å². The molecule has 5 atom stereocenters. The van der Waals surface area contributed by atoms with E-state index >= 15 is 0 Å². The van der Waals surface area contributed by atoms with Gasteiger partial charge in [0.05, 0.1) is 18.3 Å². The summed E-state index contributed by atoms with van der Waals surface area (Å²) in [6.07, 6.45) is 10.3. The Morgan fingerprint density at radius 1 is 1.05 bits per heavy atom. The molecule has 2 aromatic rings. The number of rotatable bonds is 17. The fraction of sp³-hybridized carbons (Fsp3) is 0.455. The molecule has 3 N–H and O–H groups in total. The molecule has 1 aliphatic rings. The van der Waals surface area contributed by atoms with Crippen LogP contribution in [-0.4, -0.2) is 44.3 Å². The number of carbonyl (C=O) groups excluding carboxylic acids is 1. The van der Waals surface area contributed by atoms with Gasteiger partial charge in [0.15, 0.2) is 0 Å². The van der Waals surface area contributed by atoms with Gasteiger partial charge in [-0.1, -0.05) is 83.7 Å². The van der Waals surface area contributed by atoms with E-state index in [0.29, 0.717) is 50.7 Å². The standard InChI is InChI=1S/C33H42O5S3/c1-2-32(41-40-23-39)25-15-19-27(20-16-25)38-33(37)13-9-4-3-8-12-28-29(31(36)22-30(28)35)21-18-26(34)17-14-24-10-6-5-7-11-24/h2-3,5-8,10-11,15-16,19-20,23,26,28-31,34-36H,4,9,12-14,17-18,21-22H2,1H3/b8-3+,32-2-/t26-,28+,29+,30-,31+/m0/s1. The molecule has 41 heavy (non-hydrogen) atoms. The largest absolute Gasteiger partial charge is 0.427 e. The zero-order valence-electron chi connectivity index (χ0n) is 23.6. The first-order valence-corrected chi connectivity index (χ1v) is 17.1. The molecule has 0 amide bonds. The third-order valence-electron chi connectivity index (χ3n) is 7.60. The summed E-state index contributed by atoms with van der Waals surface area (Å²) in [5.41, 5.74) is 2.26. The summed E-state index contributed by atoms with van der Waals surface area (Å²) < 4.78 is 7.11. The van der Waals surface area contributed by atoms with Crippen LogP contribution < -0.4 is 4.74 Å². The summed E-state index contributed by atoms with van der Waals surface area (Å²) in [6, 6.07) is 17.6. The lowest BCUT2D eigenvalue weighted by Gasteiger charge is -2.23. The molecule has 222 valence electrons. The van der Waals surface area contributed by atoms with Crippen molar-refractivity contribution in [2.24, 2.45) is 11.8 Å². The number of esters is 1. The van der Waals surface area contributed by atoms with Gasteiger partial charge in [0.2, 0.25) is 0 Å². The van der Waals surface area contributed by atoms with Crippen LogP contribution in [-0.2, 0) is 11.2 Å². The minimum atomic E-state index is -0.541. The zero-order chi connectivity index (χ0) is 29.5. The smallest absolute Gasteiger partial charge is 0.311 e. The number of hydrogen-bond acceptors (Lipinski definition) is 8. The van der Waals surface area contributed by atoms with Crippen molar-refractivity contribution in [2.45, 2.75) is 83.0 Å². The van der Waals surface area contributed by atoms with Crippen LogP contribution >= 0.6 is 33.8 Å². The van der Waals surface area contributed by atoms with Crippen molar-refractivity contribution in [3.63, 3.8) is 0 Å². The molecular weight excluding hydrogens is 573 g/mol. The number of aliphatic hydroxyl groups is 3. The Hall–Kier alpha value is -1.94. The summed E-state index contributed by atoms with van der Waals surface area (Å²) in [5, 5.41) is 31.6. The second-order valence-electron chi connectivity index (χ2n) is 10.5.